The number of alkyl halides is 3. The Morgan fingerprint density at radius 2 is 1.87 bits per heavy atom. The van der Waals surface area contributed by atoms with Gasteiger partial charge in [0.2, 0.25) is 0 Å². The molecule has 23 heavy (non-hydrogen) atoms. The number of hydrogen-bond donors (Lipinski definition) is 1. The maximum Gasteiger partial charge on any atom is 0.422 e. The molecule has 0 amide bonds. The van der Waals surface area contributed by atoms with Crippen LogP contribution in [0.15, 0.2) is 54.7 Å². The predicted octanol–water partition coefficient (Wildman–Crippen LogP) is 4.21. The van der Waals surface area contributed by atoms with Gasteiger partial charge in [-0.3, -0.25) is 0 Å². The maximum absolute atomic E-state index is 12.2. The maximum atomic E-state index is 12.2. The van der Waals surface area contributed by atoms with Gasteiger partial charge in [-0.1, -0.05) is 12.1 Å². The number of anilines is 1. The fraction of sp³-hybridized carbons (Fsp3) is 0.176. The third-order valence-corrected chi connectivity index (χ3v) is 3.45. The molecule has 2 aromatic carbocycles. The summed E-state index contributed by atoms with van der Waals surface area (Å²) >= 11 is 0. The third-order valence-electron chi connectivity index (χ3n) is 3.45. The minimum absolute atomic E-state index is 0.209. The van der Waals surface area contributed by atoms with Crippen LogP contribution in [0, 0.1) is 0 Å². The number of nitrogens with zero attached hydrogens (tertiary/aromatic N) is 1. The average molecular weight is 320 g/mol. The molecule has 120 valence electrons. The number of hydrogen-bond acceptors (Lipinski definition) is 2. The number of nitrogen functional groups attached to an aromatic ring is 1. The van der Waals surface area contributed by atoms with E-state index < -0.39 is 12.8 Å². The average Bonchev–Trinajstić information content (AvgIpc) is 2.87. The molecule has 0 unspecified atom stereocenters. The lowest BCUT2D eigenvalue weighted by Gasteiger charge is -2.11. The highest BCUT2D eigenvalue weighted by Gasteiger charge is 2.28. The van der Waals surface area contributed by atoms with Gasteiger partial charge in [0.25, 0.3) is 0 Å². The molecule has 0 atom stereocenters. The van der Waals surface area contributed by atoms with Gasteiger partial charge in [0, 0.05) is 29.3 Å². The number of ether oxygens (including phenoxy) is 1. The zero-order chi connectivity index (χ0) is 16.4. The van der Waals surface area contributed by atoms with Gasteiger partial charge in [-0.2, -0.15) is 13.2 Å². The summed E-state index contributed by atoms with van der Waals surface area (Å²) in [6, 6.07) is 14.3. The summed E-state index contributed by atoms with van der Waals surface area (Å²) in [6.45, 7) is -0.751. The Balaban J connectivity index is 1.79. The molecule has 2 N–H and O–H groups in total. The zero-order valence-electron chi connectivity index (χ0n) is 12.2. The van der Waals surface area contributed by atoms with Crippen LogP contribution in [0.4, 0.5) is 18.9 Å². The summed E-state index contributed by atoms with van der Waals surface area (Å²) in [5.74, 6) is 0.209. The van der Waals surface area contributed by atoms with Crippen LogP contribution in [0.2, 0.25) is 0 Å². The molecule has 0 aliphatic heterocycles. The van der Waals surface area contributed by atoms with Gasteiger partial charge >= 0.3 is 6.18 Å². The second-order valence-electron chi connectivity index (χ2n) is 5.31. The molecular weight excluding hydrogens is 305 g/mol. The van der Waals surface area contributed by atoms with E-state index >= 15 is 0 Å². The molecular formula is C17H15F3N2O. The Bertz CT molecular complexity index is 824. The normalized spacial score (nSPS) is 11.8. The van der Waals surface area contributed by atoms with Gasteiger partial charge in [0.15, 0.2) is 6.61 Å². The number of benzene rings is 2. The summed E-state index contributed by atoms with van der Waals surface area (Å²) in [4.78, 5) is 0. The van der Waals surface area contributed by atoms with Gasteiger partial charge in [-0.25, -0.2) is 0 Å². The standard InChI is InChI=1S/C17H15F3N2O/c18-17(19,20)11-23-15-3-1-2-12(8-15)10-22-7-6-13-9-14(21)4-5-16(13)22/h1-9H,10-11,21H2. The van der Waals surface area contributed by atoms with Crippen molar-refractivity contribution in [1.82, 2.24) is 4.57 Å². The highest BCUT2D eigenvalue weighted by Crippen LogP contribution is 2.22. The van der Waals surface area contributed by atoms with Gasteiger partial charge in [0.1, 0.15) is 5.75 Å². The molecule has 1 aromatic heterocycles. The zero-order valence-corrected chi connectivity index (χ0v) is 12.2. The summed E-state index contributed by atoms with van der Waals surface area (Å²) in [5, 5.41) is 1.02. The van der Waals surface area contributed by atoms with Crippen LogP contribution in [0.5, 0.6) is 5.75 Å². The van der Waals surface area contributed by atoms with Crippen LogP contribution < -0.4 is 10.5 Å². The van der Waals surface area contributed by atoms with Gasteiger partial charge < -0.3 is 15.0 Å². The molecule has 0 bridgehead atoms. The van der Waals surface area contributed by atoms with Crippen LogP contribution in [0.1, 0.15) is 5.56 Å². The minimum atomic E-state index is -4.34. The smallest absolute Gasteiger partial charge is 0.422 e. The van der Waals surface area contributed by atoms with Crippen molar-refractivity contribution < 1.29 is 17.9 Å². The fourth-order valence-electron chi connectivity index (χ4n) is 2.45. The van der Waals surface area contributed by atoms with Crippen LogP contribution in [-0.4, -0.2) is 17.4 Å². The van der Waals surface area contributed by atoms with E-state index in [0.29, 0.717) is 12.2 Å². The molecule has 3 rings (SSSR count). The summed E-state index contributed by atoms with van der Waals surface area (Å²) in [5.41, 5.74) is 8.32. The summed E-state index contributed by atoms with van der Waals surface area (Å²) in [6.07, 6.45) is -2.42. The van der Waals surface area contributed by atoms with Crippen LogP contribution >= 0.6 is 0 Å². The number of fused-ring (bicyclic) bond motifs is 1. The van der Waals surface area contributed by atoms with Crippen molar-refractivity contribution in [3.8, 4) is 5.75 Å². The van der Waals surface area contributed by atoms with Crippen molar-refractivity contribution in [2.24, 2.45) is 0 Å². The van der Waals surface area contributed by atoms with Crippen molar-refractivity contribution in [2.45, 2.75) is 12.7 Å². The molecule has 0 radical (unpaired) electrons. The second kappa shape index (κ2) is 5.87. The first-order valence-corrected chi connectivity index (χ1v) is 7.03. The number of rotatable bonds is 4. The molecule has 3 nitrogen and oxygen atoms in total. The van der Waals surface area contributed by atoms with Crippen molar-refractivity contribution in [2.75, 3.05) is 12.3 Å². The van der Waals surface area contributed by atoms with Crippen molar-refractivity contribution in [3.63, 3.8) is 0 Å². The Morgan fingerprint density at radius 3 is 2.65 bits per heavy atom. The third kappa shape index (κ3) is 3.77. The van der Waals surface area contributed by atoms with Crippen molar-refractivity contribution >= 4 is 16.6 Å². The molecule has 0 saturated heterocycles. The molecule has 0 fully saturated rings. The van der Waals surface area contributed by atoms with Crippen molar-refractivity contribution in [1.29, 1.82) is 0 Å². The molecule has 0 spiro atoms. The molecule has 6 heteroatoms. The SMILES string of the molecule is Nc1ccc2c(ccn2Cc2cccc(OCC(F)(F)F)c2)c1. The number of aromatic nitrogens is 1. The summed E-state index contributed by atoms with van der Waals surface area (Å²) < 4.78 is 43.4. The predicted molar refractivity (Wildman–Crippen MR) is 83.4 cm³/mol. The molecule has 0 aliphatic rings. The minimum Gasteiger partial charge on any atom is -0.484 e. The lowest BCUT2D eigenvalue weighted by molar-refractivity contribution is -0.153. The Morgan fingerprint density at radius 1 is 1.04 bits per heavy atom. The molecule has 1 heterocycles. The van der Waals surface area contributed by atoms with Crippen LogP contribution in [0.25, 0.3) is 10.9 Å². The topological polar surface area (TPSA) is 40.2 Å². The highest BCUT2D eigenvalue weighted by molar-refractivity contribution is 5.83. The van der Waals surface area contributed by atoms with E-state index in [0.717, 1.165) is 16.5 Å². The Labute approximate surface area is 131 Å². The first-order chi connectivity index (χ1) is 10.9. The molecule has 0 aliphatic carbocycles. The Kier molecular flexibility index (Phi) is 3.90. The van der Waals surface area contributed by atoms with E-state index in [1.807, 2.05) is 41.1 Å². The quantitative estimate of drug-likeness (QED) is 0.731. The van der Waals surface area contributed by atoms with E-state index in [9.17, 15) is 13.2 Å². The molecule has 3 aromatic rings. The van der Waals surface area contributed by atoms with Gasteiger partial charge in [-0.15, -0.1) is 0 Å². The van der Waals surface area contributed by atoms with E-state index in [4.69, 9.17) is 10.5 Å². The highest BCUT2D eigenvalue weighted by atomic mass is 19.4. The first-order valence-electron chi connectivity index (χ1n) is 7.03. The first kappa shape index (κ1) is 15.3. The van der Waals surface area contributed by atoms with Crippen molar-refractivity contribution in [3.05, 3.63) is 60.3 Å². The monoisotopic (exact) mass is 320 g/mol. The van der Waals surface area contributed by atoms with Crippen LogP contribution in [0.3, 0.4) is 0 Å². The lowest BCUT2D eigenvalue weighted by atomic mass is 10.2. The van der Waals surface area contributed by atoms with E-state index in [2.05, 4.69) is 0 Å². The second-order valence-corrected chi connectivity index (χ2v) is 5.31. The van der Waals surface area contributed by atoms with Gasteiger partial charge in [-0.05, 0) is 42.0 Å². The van der Waals surface area contributed by atoms with E-state index in [1.165, 1.54) is 6.07 Å². The summed E-state index contributed by atoms with van der Waals surface area (Å²) in [7, 11) is 0. The van der Waals surface area contributed by atoms with E-state index in [-0.39, 0.29) is 5.75 Å². The largest absolute Gasteiger partial charge is 0.484 e. The number of nitrogens with two attached hydrogens (primary N) is 1. The fourth-order valence-corrected chi connectivity index (χ4v) is 2.45. The number of halogens is 3. The Hall–Kier alpha value is -2.63. The van der Waals surface area contributed by atoms with E-state index in [1.54, 1.807) is 12.1 Å². The van der Waals surface area contributed by atoms with Crippen LogP contribution in [-0.2, 0) is 6.54 Å². The lowest BCUT2D eigenvalue weighted by Crippen LogP contribution is -2.19. The molecule has 0 saturated carbocycles. The van der Waals surface area contributed by atoms with Gasteiger partial charge in [0.05, 0.1) is 0 Å².